The van der Waals surface area contributed by atoms with Crippen LogP contribution in [0.4, 0.5) is 5.69 Å². The third-order valence-corrected chi connectivity index (χ3v) is 6.10. The fourth-order valence-corrected chi connectivity index (χ4v) is 4.29. The number of ether oxygens (including phenoxy) is 2. The molecule has 0 atom stereocenters. The zero-order valence-corrected chi connectivity index (χ0v) is 17.9. The highest BCUT2D eigenvalue weighted by Gasteiger charge is 2.19. The summed E-state index contributed by atoms with van der Waals surface area (Å²) in [5.74, 6) is -0.508. The number of carbonyl (C=O) groups is 2. The second-order valence-electron chi connectivity index (χ2n) is 6.50. The summed E-state index contributed by atoms with van der Waals surface area (Å²) in [5, 5.41) is 1.24. The maximum atomic E-state index is 12.6. The minimum atomic E-state index is -0.501. The van der Waals surface area contributed by atoms with Crippen LogP contribution in [0.5, 0.6) is 5.75 Å². The van der Waals surface area contributed by atoms with Crippen molar-refractivity contribution in [2.24, 2.45) is 4.99 Å². The average molecular weight is 450 g/mol. The fraction of sp³-hybridized carbons (Fsp3) is 0.0417. The number of thiophene rings is 1. The van der Waals surface area contributed by atoms with Gasteiger partial charge in [-0.1, -0.05) is 41.9 Å². The number of nitrogens with zero attached hydrogens (tertiary/aromatic N) is 1. The maximum Gasteiger partial charge on any atom is 0.355 e. The summed E-state index contributed by atoms with van der Waals surface area (Å²) >= 11 is 7.67. The molecule has 4 aromatic rings. The van der Waals surface area contributed by atoms with Crippen molar-refractivity contribution in [2.75, 3.05) is 7.11 Å². The van der Waals surface area contributed by atoms with Crippen LogP contribution in [0.25, 0.3) is 10.1 Å². The molecule has 0 spiro atoms. The predicted molar refractivity (Wildman–Crippen MR) is 123 cm³/mol. The van der Waals surface area contributed by atoms with E-state index in [9.17, 15) is 9.59 Å². The molecule has 31 heavy (non-hydrogen) atoms. The molecule has 0 fully saturated rings. The first kappa shape index (κ1) is 20.8. The lowest BCUT2D eigenvalue weighted by atomic mass is 10.2. The first-order chi connectivity index (χ1) is 15.0. The van der Waals surface area contributed by atoms with Crippen molar-refractivity contribution >= 4 is 56.9 Å². The number of hydrogen-bond acceptors (Lipinski definition) is 6. The van der Waals surface area contributed by atoms with Gasteiger partial charge in [-0.15, -0.1) is 11.3 Å². The van der Waals surface area contributed by atoms with Crippen molar-refractivity contribution < 1.29 is 19.1 Å². The Morgan fingerprint density at radius 2 is 1.74 bits per heavy atom. The van der Waals surface area contributed by atoms with E-state index in [1.165, 1.54) is 18.4 Å². The van der Waals surface area contributed by atoms with E-state index in [1.54, 1.807) is 48.7 Å². The van der Waals surface area contributed by atoms with Gasteiger partial charge in [0, 0.05) is 16.3 Å². The van der Waals surface area contributed by atoms with Gasteiger partial charge in [-0.3, -0.25) is 4.99 Å². The topological polar surface area (TPSA) is 65.0 Å². The number of hydrogen-bond donors (Lipinski definition) is 0. The van der Waals surface area contributed by atoms with E-state index < -0.39 is 11.9 Å². The number of methoxy groups -OCH3 is 1. The second kappa shape index (κ2) is 9.12. The number of fused-ring (bicyclic) bond motifs is 1. The molecule has 7 heteroatoms. The Morgan fingerprint density at radius 1 is 0.968 bits per heavy atom. The van der Waals surface area contributed by atoms with Gasteiger partial charge in [0.25, 0.3) is 0 Å². The van der Waals surface area contributed by atoms with Crippen molar-refractivity contribution in [3.8, 4) is 5.75 Å². The third kappa shape index (κ3) is 4.66. The zero-order valence-electron chi connectivity index (χ0n) is 16.4. The van der Waals surface area contributed by atoms with Crippen molar-refractivity contribution in [3.05, 3.63) is 93.8 Å². The molecule has 3 aromatic carbocycles. The van der Waals surface area contributed by atoms with E-state index in [1.807, 2.05) is 30.3 Å². The van der Waals surface area contributed by atoms with Crippen molar-refractivity contribution in [2.45, 2.75) is 0 Å². The van der Waals surface area contributed by atoms with Crippen molar-refractivity contribution in [1.29, 1.82) is 0 Å². The summed E-state index contributed by atoms with van der Waals surface area (Å²) in [5.41, 5.74) is 1.88. The van der Waals surface area contributed by atoms with Gasteiger partial charge in [0.2, 0.25) is 0 Å². The molecule has 0 aliphatic heterocycles. The Hall–Kier alpha value is -3.48. The molecule has 0 N–H and O–H groups in total. The molecular weight excluding hydrogens is 434 g/mol. The lowest BCUT2D eigenvalue weighted by Gasteiger charge is -2.04. The molecule has 0 radical (unpaired) electrons. The Bertz CT molecular complexity index is 1290. The van der Waals surface area contributed by atoms with Crippen molar-refractivity contribution in [3.63, 3.8) is 0 Å². The molecule has 0 bridgehead atoms. The normalized spacial score (nSPS) is 11.0. The van der Waals surface area contributed by atoms with Crippen LogP contribution in [0, 0.1) is 0 Å². The SMILES string of the molecule is COC(=O)c1ccc(N=Cc2cccc(OC(=O)c3sc4ccccc4c3Cl)c2)cc1. The largest absolute Gasteiger partial charge is 0.465 e. The summed E-state index contributed by atoms with van der Waals surface area (Å²) in [7, 11) is 1.34. The van der Waals surface area contributed by atoms with E-state index in [0.717, 1.165) is 15.6 Å². The molecule has 154 valence electrons. The highest BCUT2D eigenvalue weighted by molar-refractivity contribution is 7.21. The molecule has 1 aromatic heterocycles. The smallest absolute Gasteiger partial charge is 0.355 e. The van der Waals surface area contributed by atoms with Gasteiger partial charge >= 0.3 is 11.9 Å². The Labute approximate surface area is 187 Å². The second-order valence-corrected chi connectivity index (χ2v) is 7.93. The molecule has 0 amide bonds. The van der Waals surface area contributed by atoms with Crippen LogP contribution in [0.15, 0.2) is 77.8 Å². The van der Waals surface area contributed by atoms with Crippen LogP contribution >= 0.6 is 22.9 Å². The van der Waals surface area contributed by atoms with Gasteiger partial charge in [-0.2, -0.15) is 0 Å². The van der Waals surface area contributed by atoms with Gasteiger partial charge in [-0.05, 0) is 48.0 Å². The van der Waals surface area contributed by atoms with Crippen LogP contribution in [-0.2, 0) is 4.74 Å². The molecule has 5 nitrogen and oxygen atoms in total. The molecule has 1 heterocycles. The van der Waals surface area contributed by atoms with Gasteiger partial charge in [-0.25, -0.2) is 9.59 Å². The van der Waals surface area contributed by atoms with Gasteiger partial charge < -0.3 is 9.47 Å². The quantitative estimate of drug-likeness (QED) is 0.203. The van der Waals surface area contributed by atoms with Crippen LogP contribution in [-0.4, -0.2) is 25.3 Å². The highest BCUT2D eigenvalue weighted by Crippen LogP contribution is 2.35. The molecule has 0 aliphatic rings. The standard InChI is InChI=1S/C24H16ClNO4S/c1-29-23(27)16-9-11-17(12-10-16)26-14-15-5-4-6-18(13-15)30-24(28)22-21(25)19-7-2-3-8-20(19)31-22/h2-14H,1H3. The molecule has 0 saturated carbocycles. The number of benzene rings is 3. The highest BCUT2D eigenvalue weighted by atomic mass is 35.5. The molecule has 0 unspecified atom stereocenters. The van der Waals surface area contributed by atoms with Gasteiger partial charge in [0.05, 0.1) is 23.4 Å². The minimum absolute atomic E-state index is 0.368. The summed E-state index contributed by atoms with van der Waals surface area (Å²) in [6, 6.07) is 21.3. The first-order valence-corrected chi connectivity index (χ1v) is 10.5. The maximum absolute atomic E-state index is 12.6. The number of halogens is 1. The van der Waals surface area contributed by atoms with Crippen LogP contribution in [0.1, 0.15) is 25.6 Å². The van der Waals surface area contributed by atoms with E-state index in [2.05, 4.69) is 9.73 Å². The van der Waals surface area contributed by atoms with Crippen molar-refractivity contribution in [1.82, 2.24) is 0 Å². The number of aliphatic imine (C=N–C) groups is 1. The number of rotatable bonds is 5. The lowest BCUT2D eigenvalue weighted by molar-refractivity contribution is 0.0600. The average Bonchev–Trinajstić information content (AvgIpc) is 3.14. The van der Waals surface area contributed by atoms with Crippen LogP contribution in [0.3, 0.4) is 0 Å². The molecule has 0 aliphatic carbocycles. The van der Waals surface area contributed by atoms with E-state index >= 15 is 0 Å². The molecule has 0 saturated heterocycles. The summed E-state index contributed by atoms with van der Waals surface area (Å²) < 4.78 is 11.1. The summed E-state index contributed by atoms with van der Waals surface area (Å²) in [4.78, 5) is 28.9. The zero-order chi connectivity index (χ0) is 21.8. The van der Waals surface area contributed by atoms with Gasteiger partial charge in [0.1, 0.15) is 10.6 Å². The monoisotopic (exact) mass is 449 g/mol. The Kier molecular flexibility index (Phi) is 6.11. The summed E-state index contributed by atoms with van der Waals surface area (Å²) in [6.45, 7) is 0. The first-order valence-electron chi connectivity index (χ1n) is 9.27. The fourth-order valence-electron chi connectivity index (χ4n) is 2.91. The molecule has 4 rings (SSSR count). The van der Waals surface area contributed by atoms with E-state index in [4.69, 9.17) is 16.3 Å². The lowest BCUT2D eigenvalue weighted by Crippen LogP contribution is -2.07. The Balaban J connectivity index is 1.49. The minimum Gasteiger partial charge on any atom is -0.465 e. The number of carbonyl (C=O) groups excluding carboxylic acids is 2. The van der Waals surface area contributed by atoms with Gasteiger partial charge in [0.15, 0.2) is 0 Å². The number of esters is 2. The van der Waals surface area contributed by atoms with E-state index in [-0.39, 0.29) is 0 Å². The predicted octanol–water partition coefficient (Wildman–Crippen LogP) is 6.31. The van der Waals surface area contributed by atoms with Crippen LogP contribution in [0.2, 0.25) is 5.02 Å². The van der Waals surface area contributed by atoms with E-state index in [0.29, 0.717) is 26.9 Å². The molecular formula is C24H16ClNO4S. The van der Waals surface area contributed by atoms with Crippen LogP contribution < -0.4 is 4.74 Å². The third-order valence-electron chi connectivity index (χ3n) is 4.44. The Morgan fingerprint density at radius 3 is 2.48 bits per heavy atom. The summed E-state index contributed by atoms with van der Waals surface area (Å²) in [6.07, 6.45) is 1.65.